The predicted molar refractivity (Wildman–Crippen MR) is 81.5 cm³/mol. The summed E-state index contributed by atoms with van der Waals surface area (Å²) in [6, 6.07) is 8.90. The van der Waals surface area contributed by atoms with Crippen molar-refractivity contribution in [3.05, 3.63) is 29.8 Å². The molecular weight excluding hydrogens is 234 g/mol. The molecule has 0 aliphatic rings. The van der Waals surface area contributed by atoms with Crippen molar-refractivity contribution in [2.24, 2.45) is 0 Å². The summed E-state index contributed by atoms with van der Waals surface area (Å²) in [5.41, 5.74) is 1.36. The van der Waals surface area contributed by atoms with Crippen molar-refractivity contribution >= 4 is 0 Å². The lowest BCUT2D eigenvalue weighted by Gasteiger charge is -2.13. The molecule has 1 aromatic rings. The van der Waals surface area contributed by atoms with Crippen LogP contribution in [0.3, 0.4) is 0 Å². The Bertz CT molecular complexity index is 377. The molecular formula is C17H25NO. The van der Waals surface area contributed by atoms with Crippen molar-refractivity contribution in [2.45, 2.75) is 45.6 Å². The third-order valence-corrected chi connectivity index (χ3v) is 3.05. The lowest BCUT2D eigenvalue weighted by molar-refractivity contribution is 0.327. The van der Waals surface area contributed by atoms with E-state index in [9.17, 15) is 0 Å². The van der Waals surface area contributed by atoms with Crippen molar-refractivity contribution < 1.29 is 4.74 Å². The molecule has 0 amide bonds. The Morgan fingerprint density at radius 2 is 2.05 bits per heavy atom. The van der Waals surface area contributed by atoms with Crippen LogP contribution in [0.4, 0.5) is 0 Å². The van der Waals surface area contributed by atoms with E-state index in [4.69, 9.17) is 11.2 Å². The van der Waals surface area contributed by atoms with Gasteiger partial charge in [0.1, 0.15) is 5.75 Å². The van der Waals surface area contributed by atoms with Gasteiger partial charge in [-0.15, -0.1) is 12.3 Å². The highest BCUT2D eigenvalue weighted by atomic mass is 16.5. The molecule has 0 saturated heterocycles. The molecule has 0 aliphatic carbocycles. The molecule has 1 aromatic carbocycles. The molecule has 0 spiro atoms. The fourth-order valence-electron chi connectivity index (χ4n) is 1.86. The van der Waals surface area contributed by atoms with E-state index in [0.29, 0.717) is 19.1 Å². The second kappa shape index (κ2) is 9.47. The molecule has 0 radical (unpaired) electrons. The fourth-order valence-corrected chi connectivity index (χ4v) is 1.86. The molecule has 0 saturated carbocycles. The smallest absolute Gasteiger partial charge is 0.119 e. The van der Waals surface area contributed by atoms with E-state index in [1.165, 1.54) is 12.0 Å². The first-order valence-corrected chi connectivity index (χ1v) is 7.14. The monoisotopic (exact) mass is 259 g/mol. The summed E-state index contributed by atoms with van der Waals surface area (Å²) in [5, 5.41) is 3.50. The molecule has 19 heavy (non-hydrogen) atoms. The van der Waals surface area contributed by atoms with Crippen LogP contribution in [0.5, 0.6) is 5.75 Å². The van der Waals surface area contributed by atoms with E-state index >= 15 is 0 Å². The van der Waals surface area contributed by atoms with Crippen LogP contribution in [0.25, 0.3) is 0 Å². The minimum Gasteiger partial charge on any atom is -0.493 e. The topological polar surface area (TPSA) is 21.3 Å². The zero-order valence-corrected chi connectivity index (χ0v) is 12.1. The minimum atomic E-state index is 0.575. The van der Waals surface area contributed by atoms with Gasteiger partial charge in [0.2, 0.25) is 0 Å². The number of terminal acetylenes is 1. The number of aryl methyl sites for hydroxylation is 1. The number of hydrogen-bond acceptors (Lipinski definition) is 2. The van der Waals surface area contributed by atoms with Gasteiger partial charge in [0.15, 0.2) is 0 Å². The van der Waals surface area contributed by atoms with Gasteiger partial charge < -0.3 is 10.1 Å². The summed E-state index contributed by atoms with van der Waals surface area (Å²) in [5.74, 6) is 3.47. The van der Waals surface area contributed by atoms with E-state index in [2.05, 4.69) is 37.2 Å². The average molecular weight is 259 g/mol. The molecule has 1 atom stereocenters. The summed E-state index contributed by atoms with van der Waals surface area (Å²) in [7, 11) is 0. The second-order valence-corrected chi connectivity index (χ2v) is 4.84. The molecule has 0 bridgehead atoms. The molecule has 0 aliphatic heterocycles. The maximum atomic E-state index is 5.53. The maximum absolute atomic E-state index is 5.53. The SMILES string of the molecule is C#CCCOc1ccc(CCC(C)NCCC)cc1. The van der Waals surface area contributed by atoms with Crippen molar-refractivity contribution in [1.29, 1.82) is 0 Å². The van der Waals surface area contributed by atoms with Crippen LogP contribution in [0.2, 0.25) is 0 Å². The first-order chi connectivity index (χ1) is 9.26. The summed E-state index contributed by atoms with van der Waals surface area (Å²) >= 11 is 0. The van der Waals surface area contributed by atoms with Gasteiger partial charge in [-0.1, -0.05) is 19.1 Å². The van der Waals surface area contributed by atoms with Crippen molar-refractivity contribution in [1.82, 2.24) is 5.32 Å². The van der Waals surface area contributed by atoms with Gasteiger partial charge in [-0.05, 0) is 50.4 Å². The first kappa shape index (κ1) is 15.6. The minimum absolute atomic E-state index is 0.575. The molecule has 1 N–H and O–H groups in total. The highest BCUT2D eigenvalue weighted by molar-refractivity contribution is 5.27. The van der Waals surface area contributed by atoms with Crippen molar-refractivity contribution in [2.75, 3.05) is 13.2 Å². The van der Waals surface area contributed by atoms with Crippen LogP contribution < -0.4 is 10.1 Å². The van der Waals surface area contributed by atoms with Gasteiger partial charge in [0, 0.05) is 12.5 Å². The maximum Gasteiger partial charge on any atom is 0.119 e. The van der Waals surface area contributed by atoms with E-state index < -0.39 is 0 Å². The van der Waals surface area contributed by atoms with Crippen LogP contribution in [0.1, 0.15) is 38.7 Å². The predicted octanol–water partition coefficient (Wildman–Crippen LogP) is 3.41. The van der Waals surface area contributed by atoms with Crippen molar-refractivity contribution in [3.63, 3.8) is 0 Å². The number of benzene rings is 1. The third kappa shape index (κ3) is 6.88. The van der Waals surface area contributed by atoms with E-state index in [1.54, 1.807) is 0 Å². The summed E-state index contributed by atoms with van der Waals surface area (Å²) in [4.78, 5) is 0. The number of ether oxygens (including phenoxy) is 1. The second-order valence-electron chi connectivity index (χ2n) is 4.84. The number of nitrogens with one attached hydrogen (secondary N) is 1. The van der Waals surface area contributed by atoms with Crippen LogP contribution in [0.15, 0.2) is 24.3 Å². The van der Waals surface area contributed by atoms with Crippen LogP contribution in [-0.4, -0.2) is 19.2 Å². The largest absolute Gasteiger partial charge is 0.493 e. The van der Waals surface area contributed by atoms with Crippen LogP contribution in [0, 0.1) is 12.3 Å². The molecule has 0 fully saturated rings. The van der Waals surface area contributed by atoms with E-state index in [-0.39, 0.29) is 0 Å². The van der Waals surface area contributed by atoms with Crippen molar-refractivity contribution in [3.8, 4) is 18.1 Å². The summed E-state index contributed by atoms with van der Waals surface area (Å²) in [6.45, 7) is 6.13. The molecule has 1 unspecified atom stereocenters. The zero-order chi connectivity index (χ0) is 13.9. The first-order valence-electron chi connectivity index (χ1n) is 7.14. The highest BCUT2D eigenvalue weighted by Gasteiger charge is 2.01. The van der Waals surface area contributed by atoms with Gasteiger partial charge in [-0.2, -0.15) is 0 Å². The molecule has 1 rings (SSSR count). The van der Waals surface area contributed by atoms with E-state index in [0.717, 1.165) is 25.1 Å². The zero-order valence-electron chi connectivity index (χ0n) is 12.1. The quantitative estimate of drug-likeness (QED) is 0.542. The van der Waals surface area contributed by atoms with Gasteiger partial charge in [-0.25, -0.2) is 0 Å². The molecule has 2 nitrogen and oxygen atoms in total. The van der Waals surface area contributed by atoms with Gasteiger partial charge >= 0.3 is 0 Å². The Hall–Kier alpha value is -1.46. The lowest BCUT2D eigenvalue weighted by atomic mass is 10.1. The Balaban J connectivity index is 2.29. The highest BCUT2D eigenvalue weighted by Crippen LogP contribution is 2.14. The van der Waals surface area contributed by atoms with E-state index in [1.807, 2.05) is 12.1 Å². The Morgan fingerprint density at radius 3 is 2.68 bits per heavy atom. The average Bonchev–Trinajstić information content (AvgIpc) is 2.44. The third-order valence-electron chi connectivity index (χ3n) is 3.05. The number of rotatable bonds is 9. The van der Waals surface area contributed by atoms with Gasteiger partial charge in [0.05, 0.1) is 6.61 Å². The Labute approximate surface area is 117 Å². The van der Waals surface area contributed by atoms with Crippen LogP contribution >= 0.6 is 0 Å². The van der Waals surface area contributed by atoms with Gasteiger partial charge in [0.25, 0.3) is 0 Å². The summed E-state index contributed by atoms with van der Waals surface area (Å²) < 4.78 is 5.53. The number of hydrogen-bond donors (Lipinski definition) is 1. The molecule has 104 valence electrons. The molecule has 0 aromatic heterocycles. The van der Waals surface area contributed by atoms with Crippen LogP contribution in [-0.2, 0) is 6.42 Å². The Morgan fingerprint density at radius 1 is 1.32 bits per heavy atom. The van der Waals surface area contributed by atoms with Gasteiger partial charge in [-0.3, -0.25) is 0 Å². The summed E-state index contributed by atoms with van der Waals surface area (Å²) in [6.07, 6.45) is 9.29. The lowest BCUT2D eigenvalue weighted by Crippen LogP contribution is -2.27. The standard InChI is InChI=1S/C17H25NO/c1-4-6-14-19-17-11-9-16(10-12-17)8-7-15(3)18-13-5-2/h1,9-12,15,18H,5-8,13-14H2,2-3H3. The molecule has 0 heterocycles. The molecule has 2 heteroatoms. The normalized spacial score (nSPS) is 11.8. The Kier molecular flexibility index (Phi) is 7.77. The fraction of sp³-hybridized carbons (Fsp3) is 0.529.